The second kappa shape index (κ2) is 7.00. The van der Waals surface area contributed by atoms with Crippen molar-refractivity contribution in [3.63, 3.8) is 0 Å². The smallest absolute Gasteiger partial charge is 0.137 e. The summed E-state index contributed by atoms with van der Waals surface area (Å²) in [5.74, 6) is 1.31. The third-order valence-corrected chi connectivity index (χ3v) is 4.97. The molecule has 1 aliphatic heterocycles. The van der Waals surface area contributed by atoms with Gasteiger partial charge in [0.15, 0.2) is 0 Å². The van der Waals surface area contributed by atoms with Gasteiger partial charge in [-0.05, 0) is 36.1 Å². The lowest BCUT2D eigenvalue weighted by Crippen LogP contribution is -2.37. The van der Waals surface area contributed by atoms with Gasteiger partial charge in [-0.15, -0.1) is 0 Å². The molecular formula is C22H23N3O2. The topological polar surface area (TPSA) is 69.7 Å². The molecule has 138 valence electrons. The lowest BCUT2D eigenvalue weighted by molar-refractivity contribution is 0.106. The molecule has 0 saturated heterocycles. The van der Waals surface area contributed by atoms with E-state index in [-0.39, 0.29) is 0 Å². The number of nitrogens with two attached hydrogens (primary N) is 1. The van der Waals surface area contributed by atoms with Gasteiger partial charge < -0.3 is 15.2 Å². The molecule has 2 N–H and O–H groups in total. The Bertz CT molecular complexity index is 1020. The highest BCUT2D eigenvalue weighted by Crippen LogP contribution is 2.30. The maximum absolute atomic E-state index is 5.90. The molecule has 0 amide bonds. The molecule has 1 atom stereocenters. The van der Waals surface area contributed by atoms with E-state index in [0.29, 0.717) is 19.0 Å². The highest BCUT2D eigenvalue weighted by atomic mass is 16.5. The van der Waals surface area contributed by atoms with Crippen molar-refractivity contribution < 1.29 is 9.47 Å². The third-order valence-electron chi connectivity index (χ3n) is 4.97. The Kier molecular flexibility index (Phi) is 4.54. The molecule has 4 rings (SSSR count). The monoisotopic (exact) mass is 361 g/mol. The van der Waals surface area contributed by atoms with Gasteiger partial charge in [0.25, 0.3) is 0 Å². The Balaban J connectivity index is 1.68. The standard InChI is InChI=1S/C22H23N3O2/c1-22(14-27-13-20(23)25-22)18-8-3-5-15(10-18)9-16-6-4-7-17-11-19(26-2)12-24-21(16)17/h3-8,10-12H,9,13-14H2,1-2H3,(H2,23,25). The predicted octanol–water partition coefficient (Wildman–Crippen LogP) is 3.44. The molecule has 2 aromatic carbocycles. The van der Waals surface area contributed by atoms with Crippen molar-refractivity contribution in [3.8, 4) is 5.75 Å². The van der Waals surface area contributed by atoms with Gasteiger partial charge in [0, 0.05) is 5.39 Å². The highest BCUT2D eigenvalue weighted by molar-refractivity contribution is 5.83. The summed E-state index contributed by atoms with van der Waals surface area (Å²) >= 11 is 0. The number of pyridine rings is 1. The zero-order valence-corrected chi connectivity index (χ0v) is 15.6. The zero-order valence-electron chi connectivity index (χ0n) is 15.6. The van der Waals surface area contributed by atoms with Crippen molar-refractivity contribution in [2.45, 2.75) is 18.9 Å². The van der Waals surface area contributed by atoms with Gasteiger partial charge in [0.2, 0.25) is 0 Å². The first kappa shape index (κ1) is 17.5. The largest absolute Gasteiger partial charge is 0.495 e. The number of ether oxygens (including phenoxy) is 2. The number of amidine groups is 1. The van der Waals surface area contributed by atoms with E-state index in [1.54, 1.807) is 13.3 Å². The van der Waals surface area contributed by atoms with E-state index >= 15 is 0 Å². The molecule has 0 saturated carbocycles. The highest BCUT2D eigenvalue weighted by Gasteiger charge is 2.30. The van der Waals surface area contributed by atoms with Crippen LogP contribution in [0.15, 0.2) is 59.7 Å². The van der Waals surface area contributed by atoms with Crippen LogP contribution in [0.4, 0.5) is 0 Å². The SMILES string of the molecule is COc1cnc2c(Cc3cccc(C4(C)COCC(N)=N4)c3)cccc2c1. The maximum atomic E-state index is 5.90. The van der Waals surface area contributed by atoms with E-state index in [2.05, 4.69) is 59.4 Å². The molecule has 1 aliphatic rings. The number of methoxy groups -OCH3 is 1. The Hall–Kier alpha value is -2.92. The number of benzene rings is 2. The number of nitrogens with zero attached hydrogens (tertiary/aromatic N) is 2. The lowest BCUT2D eigenvalue weighted by Gasteiger charge is -2.30. The molecule has 1 unspecified atom stereocenters. The van der Waals surface area contributed by atoms with Crippen LogP contribution in [0.3, 0.4) is 0 Å². The zero-order chi connectivity index (χ0) is 18.9. The van der Waals surface area contributed by atoms with E-state index in [9.17, 15) is 0 Å². The van der Waals surface area contributed by atoms with Gasteiger partial charge in [-0.25, -0.2) is 0 Å². The number of aliphatic imine (C=N–C) groups is 1. The summed E-state index contributed by atoms with van der Waals surface area (Å²) in [6.45, 7) is 3.00. The van der Waals surface area contributed by atoms with Gasteiger partial charge >= 0.3 is 0 Å². The van der Waals surface area contributed by atoms with Crippen LogP contribution in [0.25, 0.3) is 10.9 Å². The minimum absolute atomic E-state index is 0.403. The number of fused-ring (bicyclic) bond motifs is 1. The predicted molar refractivity (Wildman–Crippen MR) is 107 cm³/mol. The van der Waals surface area contributed by atoms with E-state index in [0.717, 1.165) is 28.6 Å². The molecule has 1 aromatic heterocycles. The van der Waals surface area contributed by atoms with Crippen molar-refractivity contribution in [3.05, 3.63) is 71.4 Å². The number of para-hydroxylation sites is 1. The molecule has 0 spiro atoms. The van der Waals surface area contributed by atoms with E-state index in [1.165, 1.54) is 11.1 Å². The first-order valence-electron chi connectivity index (χ1n) is 9.00. The molecule has 2 heterocycles. The fourth-order valence-electron chi connectivity index (χ4n) is 3.58. The molecule has 0 bridgehead atoms. The van der Waals surface area contributed by atoms with Crippen molar-refractivity contribution >= 4 is 16.7 Å². The van der Waals surface area contributed by atoms with Crippen LogP contribution in [0, 0.1) is 0 Å². The summed E-state index contributed by atoms with van der Waals surface area (Å²) < 4.78 is 10.9. The number of rotatable bonds is 4. The fourth-order valence-corrected chi connectivity index (χ4v) is 3.58. The first-order chi connectivity index (χ1) is 13.1. The van der Waals surface area contributed by atoms with Crippen molar-refractivity contribution in [1.82, 2.24) is 4.98 Å². The van der Waals surface area contributed by atoms with Crippen LogP contribution in [0.1, 0.15) is 23.6 Å². The van der Waals surface area contributed by atoms with Crippen molar-refractivity contribution in [2.24, 2.45) is 10.7 Å². The van der Waals surface area contributed by atoms with Gasteiger partial charge in [-0.2, -0.15) is 0 Å². The quantitative estimate of drug-likeness (QED) is 0.773. The Labute approximate surface area is 158 Å². The summed E-state index contributed by atoms with van der Waals surface area (Å²) in [6.07, 6.45) is 2.56. The Morgan fingerprint density at radius 1 is 1.19 bits per heavy atom. The van der Waals surface area contributed by atoms with Gasteiger partial charge in [-0.3, -0.25) is 9.98 Å². The first-order valence-corrected chi connectivity index (χ1v) is 9.00. The molecule has 0 aliphatic carbocycles. The van der Waals surface area contributed by atoms with Crippen molar-refractivity contribution in [2.75, 3.05) is 20.3 Å². The average molecular weight is 361 g/mol. The lowest BCUT2D eigenvalue weighted by atomic mass is 9.90. The fraction of sp³-hybridized carbons (Fsp3) is 0.273. The van der Waals surface area contributed by atoms with Crippen LogP contribution in [0.2, 0.25) is 0 Å². The molecule has 5 heteroatoms. The average Bonchev–Trinajstić information content (AvgIpc) is 2.68. The molecule has 27 heavy (non-hydrogen) atoms. The summed E-state index contributed by atoms with van der Waals surface area (Å²) in [6, 6.07) is 16.7. The van der Waals surface area contributed by atoms with E-state index < -0.39 is 5.54 Å². The van der Waals surface area contributed by atoms with E-state index in [4.69, 9.17) is 15.2 Å². The van der Waals surface area contributed by atoms with Crippen LogP contribution < -0.4 is 10.5 Å². The number of hydrogen-bond acceptors (Lipinski definition) is 5. The van der Waals surface area contributed by atoms with Crippen molar-refractivity contribution in [1.29, 1.82) is 0 Å². The summed E-state index contributed by atoms with van der Waals surface area (Å²) in [7, 11) is 1.66. The van der Waals surface area contributed by atoms with Crippen LogP contribution in [-0.2, 0) is 16.7 Å². The molecular weight excluding hydrogens is 338 g/mol. The maximum Gasteiger partial charge on any atom is 0.137 e. The summed E-state index contributed by atoms with van der Waals surface area (Å²) in [5, 5.41) is 1.08. The minimum atomic E-state index is -0.442. The molecule has 0 fully saturated rings. The molecule has 3 aromatic rings. The second-order valence-electron chi connectivity index (χ2n) is 7.11. The minimum Gasteiger partial charge on any atom is -0.495 e. The molecule has 0 radical (unpaired) electrons. The van der Waals surface area contributed by atoms with Crippen LogP contribution >= 0.6 is 0 Å². The Morgan fingerprint density at radius 2 is 2.04 bits per heavy atom. The Morgan fingerprint density at radius 3 is 2.85 bits per heavy atom. The summed E-state index contributed by atoms with van der Waals surface area (Å²) in [5.41, 5.74) is 9.95. The summed E-state index contributed by atoms with van der Waals surface area (Å²) in [4.78, 5) is 9.25. The number of aromatic nitrogens is 1. The number of hydrogen-bond donors (Lipinski definition) is 1. The van der Waals surface area contributed by atoms with Crippen LogP contribution in [-0.4, -0.2) is 31.1 Å². The van der Waals surface area contributed by atoms with Gasteiger partial charge in [0.05, 0.1) is 25.4 Å². The van der Waals surface area contributed by atoms with E-state index in [1.807, 2.05) is 6.07 Å². The third kappa shape index (κ3) is 3.51. The van der Waals surface area contributed by atoms with Gasteiger partial charge in [-0.1, -0.05) is 42.5 Å². The van der Waals surface area contributed by atoms with Gasteiger partial charge in [0.1, 0.15) is 23.7 Å². The molecule has 5 nitrogen and oxygen atoms in total. The second-order valence-corrected chi connectivity index (χ2v) is 7.11. The van der Waals surface area contributed by atoms with Crippen LogP contribution in [0.5, 0.6) is 5.75 Å². The normalized spacial score (nSPS) is 19.7.